The second kappa shape index (κ2) is 12.1. The number of carbonyl (C=O) groups is 2. The number of phenols is 1. The average molecular weight is 675 g/mol. The number of phenolic OH excluding ortho intramolecular Hbond substituents is 1. The monoisotopic (exact) mass is 673 g/mol. The second-order valence-electron chi connectivity index (χ2n) is 8.72. The Kier molecular flexibility index (Phi) is 8.55. The molecule has 0 bridgehead atoms. The van der Waals surface area contributed by atoms with E-state index in [-0.39, 0.29) is 32.4 Å². The first kappa shape index (κ1) is 28.9. The lowest BCUT2D eigenvalue weighted by Gasteiger charge is -2.23. The molecule has 210 valence electrons. The van der Waals surface area contributed by atoms with Crippen LogP contribution >= 0.6 is 50.6 Å². The zero-order valence-electron chi connectivity index (χ0n) is 21.5. The molecular weight excluding hydrogens is 654 g/mol. The van der Waals surface area contributed by atoms with Crippen LogP contribution in [-0.2, 0) is 15.3 Å². The Morgan fingerprint density at radius 2 is 1.78 bits per heavy atom. The van der Waals surface area contributed by atoms with Crippen LogP contribution in [0.4, 0.5) is 5.13 Å². The van der Waals surface area contributed by atoms with E-state index in [2.05, 4.69) is 26.1 Å². The number of aromatic nitrogens is 2. The number of amides is 1. The first-order valence-corrected chi connectivity index (χ1v) is 14.9. The summed E-state index contributed by atoms with van der Waals surface area (Å²) in [5, 5.41) is 31.0. The van der Waals surface area contributed by atoms with Crippen LogP contribution in [0.5, 0.6) is 17.2 Å². The zero-order valence-corrected chi connectivity index (χ0v) is 25.5. The van der Waals surface area contributed by atoms with Gasteiger partial charge in [-0.2, -0.15) is 0 Å². The van der Waals surface area contributed by atoms with Crippen molar-refractivity contribution in [2.75, 3.05) is 19.1 Å². The van der Waals surface area contributed by atoms with Gasteiger partial charge in [0, 0.05) is 16.3 Å². The summed E-state index contributed by atoms with van der Waals surface area (Å²) in [6.07, 6.45) is 0. The summed E-state index contributed by atoms with van der Waals surface area (Å²) in [4.78, 5) is 28.2. The molecule has 1 aliphatic heterocycles. The molecule has 2 N–H and O–H groups in total. The van der Waals surface area contributed by atoms with Crippen molar-refractivity contribution >= 4 is 73.2 Å². The molecule has 9 nitrogen and oxygen atoms in total. The van der Waals surface area contributed by atoms with Gasteiger partial charge in [0.2, 0.25) is 5.13 Å². The SMILES string of the molecule is COc1ccc(/C(O)=C2/C(=O)C(=O)N(c3nnc(SCc4ccc(Cl)cc4)s3)C2c2cc(Br)c(O)c(OC)c2)cc1. The van der Waals surface area contributed by atoms with Gasteiger partial charge in [-0.3, -0.25) is 14.5 Å². The molecule has 41 heavy (non-hydrogen) atoms. The predicted octanol–water partition coefficient (Wildman–Crippen LogP) is 6.60. The number of ether oxygens (including phenoxy) is 2. The summed E-state index contributed by atoms with van der Waals surface area (Å²) in [7, 11) is 2.90. The van der Waals surface area contributed by atoms with Gasteiger partial charge in [0.1, 0.15) is 11.5 Å². The standard InChI is InChI=1S/C28H21BrClN3O6S2/c1-38-18-9-5-15(6-10-18)23(34)21-22(16-11-19(29)24(35)20(12-16)39-2)33(26(37)25(21)36)27-31-32-28(41-27)40-13-14-3-7-17(30)8-4-14/h3-12,22,34-35H,13H2,1-2H3/b23-21-. The number of aliphatic hydroxyl groups is 1. The van der Waals surface area contributed by atoms with Crippen molar-refractivity contribution in [3.63, 3.8) is 0 Å². The van der Waals surface area contributed by atoms with E-state index in [9.17, 15) is 19.8 Å². The van der Waals surface area contributed by atoms with Gasteiger partial charge < -0.3 is 19.7 Å². The normalized spacial score (nSPS) is 16.3. The van der Waals surface area contributed by atoms with E-state index in [1.54, 1.807) is 42.5 Å². The van der Waals surface area contributed by atoms with Crippen LogP contribution in [0, 0.1) is 0 Å². The van der Waals surface area contributed by atoms with E-state index >= 15 is 0 Å². The number of carbonyl (C=O) groups excluding carboxylic acids is 2. The molecule has 3 aromatic carbocycles. The van der Waals surface area contributed by atoms with Crippen LogP contribution in [0.2, 0.25) is 5.02 Å². The molecule has 0 aliphatic carbocycles. The van der Waals surface area contributed by atoms with Crippen molar-refractivity contribution in [1.29, 1.82) is 0 Å². The minimum absolute atomic E-state index is 0.112. The largest absolute Gasteiger partial charge is 0.507 e. The van der Waals surface area contributed by atoms with Crippen molar-refractivity contribution in [2.45, 2.75) is 16.1 Å². The number of aromatic hydroxyl groups is 1. The maximum atomic E-state index is 13.5. The summed E-state index contributed by atoms with van der Waals surface area (Å²) in [5.74, 6) is -1.03. The van der Waals surface area contributed by atoms with E-state index in [1.807, 2.05) is 12.1 Å². The minimum atomic E-state index is -1.09. The fourth-order valence-electron chi connectivity index (χ4n) is 4.24. The second-order valence-corrected chi connectivity index (χ2v) is 12.2. The Labute approximate surface area is 256 Å². The van der Waals surface area contributed by atoms with E-state index in [0.29, 0.717) is 32.0 Å². The number of benzene rings is 3. The van der Waals surface area contributed by atoms with Gasteiger partial charge in [0.15, 0.2) is 15.8 Å². The Hall–Kier alpha value is -3.58. The Balaban J connectivity index is 1.58. The molecule has 1 saturated heterocycles. The fraction of sp³-hybridized carbons (Fsp3) is 0.143. The lowest BCUT2D eigenvalue weighted by atomic mass is 9.95. The smallest absolute Gasteiger partial charge is 0.301 e. The first-order valence-electron chi connectivity index (χ1n) is 11.9. The first-order chi connectivity index (χ1) is 19.7. The quantitative estimate of drug-likeness (QED) is 0.0700. The molecule has 13 heteroatoms. The molecule has 1 aromatic heterocycles. The number of nitrogens with zero attached hydrogens (tertiary/aromatic N) is 3. The summed E-state index contributed by atoms with van der Waals surface area (Å²) in [6.45, 7) is 0. The van der Waals surface area contributed by atoms with E-state index in [0.717, 1.165) is 16.9 Å². The van der Waals surface area contributed by atoms with Crippen LogP contribution in [-0.4, -0.2) is 46.3 Å². The highest BCUT2D eigenvalue weighted by molar-refractivity contribution is 9.10. The van der Waals surface area contributed by atoms with Gasteiger partial charge in [-0.05, 0) is 75.6 Å². The van der Waals surface area contributed by atoms with Gasteiger partial charge in [-0.25, -0.2) is 0 Å². The number of ketones is 1. The van der Waals surface area contributed by atoms with E-state index in [4.69, 9.17) is 21.1 Å². The Morgan fingerprint density at radius 3 is 2.44 bits per heavy atom. The Bertz CT molecular complexity index is 1660. The molecule has 0 radical (unpaired) electrons. The van der Waals surface area contributed by atoms with Gasteiger partial charge in [-0.1, -0.05) is 46.8 Å². The lowest BCUT2D eigenvalue weighted by molar-refractivity contribution is -0.132. The van der Waals surface area contributed by atoms with Crippen molar-refractivity contribution in [3.8, 4) is 17.2 Å². The summed E-state index contributed by atoms with van der Waals surface area (Å²) >= 11 is 11.9. The summed E-state index contributed by atoms with van der Waals surface area (Å²) in [5.41, 5.74) is 1.59. The number of hydrogen-bond donors (Lipinski definition) is 2. The predicted molar refractivity (Wildman–Crippen MR) is 161 cm³/mol. The van der Waals surface area contributed by atoms with Crippen molar-refractivity contribution < 1.29 is 29.3 Å². The zero-order chi connectivity index (χ0) is 29.3. The number of thioether (sulfide) groups is 1. The van der Waals surface area contributed by atoms with Crippen LogP contribution < -0.4 is 14.4 Å². The van der Waals surface area contributed by atoms with Crippen molar-refractivity contribution in [3.05, 3.63) is 92.4 Å². The van der Waals surface area contributed by atoms with Crippen LogP contribution in [0.25, 0.3) is 5.76 Å². The molecule has 1 amide bonds. The van der Waals surface area contributed by atoms with Gasteiger partial charge in [-0.15, -0.1) is 10.2 Å². The topological polar surface area (TPSA) is 122 Å². The molecule has 5 rings (SSSR count). The maximum absolute atomic E-state index is 13.5. The third kappa shape index (κ3) is 5.78. The summed E-state index contributed by atoms with van der Waals surface area (Å²) < 4.78 is 11.4. The minimum Gasteiger partial charge on any atom is -0.507 e. The molecule has 4 aromatic rings. The average Bonchev–Trinajstić information content (AvgIpc) is 3.55. The molecule has 0 saturated carbocycles. The maximum Gasteiger partial charge on any atom is 0.301 e. The summed E-state index contributed by atoms with van der Waals surface area (Å²) in [6, 6.07) is 15.8. The highest BCUT2D eigenvalue weighted by atomic mass is 79.9. The number of rotatable bonds is 8. The molecule has 2 heterocycles. The number of halogens is 2. The molecule has 1 fully saturated rings. The van der Waals surface area contributed by atoms with Gasteiger partial charge in [0.05, 0.1) is 30.3 Å². The molecular formula is C28H21BrClN3O6S2. The third-order valence-corrected chi connectivity index (χ3v) is 9.26. The number of aliphatic hydroxyl groups excluding tert-OH is 1. The highest BCUT2D eigenvalue weighted by Gasteiger charge is 2.48. The van der Waals surface area contributed by atoms with Crippen molar-refractivity contribution in [2.24, 2.45) is 0 Å². The van der Waals surface area contributed by atoms with Gasteiger partial charge in [0.25, 0.3) is 5.78 Å². The van der Waals surface area contributed by atoms with Gasteiger partial charge >= 0.3 is 5.91 Å². The van der Waals surface area contributed by atoms with E-state index < -0.39 is 17.7 Å². The lowest BCUT2D eigenvalue weighted by Crippen LogP contribution is -2.29. The number of methoxy groups -OCH3 is 2. The fourth-order valence-corrected chi connectivity index (χ4v) is 6.65. The van der Waals surface area contributed by atoms with E-state index in [1.165, 1.54) is 36.9 Å². The molecule has 1 aliphatic rings. The van der Waals surface area contributed by atoms with Crippen LogP contribution in [0.1, 0.15) is 22.7 Å². The molecule has 0 spiro atoms. The Morgan fingerprint density at radius 1 is 1.07 bits per heavy atom. The van der Waals surface area contributed by atoms with Crippen molar-refractivity contribution in [1.82, 2.24) is 10.2 Å². The number of anilines is 1. The molecule has 1 atom stereocenters. The molecule has 1 unspecified atom stereocenters. The number of Topliss-reactive ketones (excluding diaryl/α,β-unsaturated/α-hetero) is 1. The van der Waals surface area contributed by atoms with Crippen LogP contribution in [0.3, 0.4) is 0 Å². The number of hydrogen-bond acceptors (Lipinski definition) is 10. The highest BCUT2D eigenvalue weighted by Crippen LogP contribution is 2.47. The van der Waals surface area contributed by atoms with Crippen LogP contribution in [0.15, 0.2) is 75.0 Å². The third-order valence-electron chi connectivity index (χ3n) is 6.27.